The Balaban J connectivity index is 0.000000283. The fourth-order valence-electron chi connectivity index (χ4n) is 4.03. The normalized spacial score (nSPS) is 14.2. The molecule has 0 saturated carbocycles. The average molecular weight is 597 g/mol. The van der Waals surface area contributed by atoms with Crippen molar-refractivity contribution in [2.24, 2.45) is 4.99 Å². The van der Waals surface area contributed by atoms with Gasteiger partial charge in [0.15, 0.2) is 0 Å². The molecule has 0 aliphatic carbocycles. The van der Waals surface area contributed by atoms with E-state index >= 15 is 0 Å². The average Bonchev–Trinajstić information content (AvgIpc) is 3.23. The summed E-state index contributed by atoms with van der Waals surface area (Å²) in [5.41, 5.74) is 4.55. The van der Waals surface area contributed by atoms with Crippen LogP contribution < -0.4 is 0 Å². The lowest BCUT2D eigenvalue weighted by Gasteiger charge is -2.14. The van der Waals surface area contributed by atoms with Crippen molar-refractivity contribution in [3.05, 3.63) is 106 Å². The number of aryl methyl sites for hydroxylation is 1. The maximum absolute atomic E-state index is 11.8. The smallest absolute Gasteiger partial charge is 0.305 e. The zero-order chi connectivity index (χ0) is 27.3. The number of hydrogen-bond donors (Lipinski definition) is 1. The van der Waals surface area contributed by atoms with Gasteiger partial charge in [-0.15, -0.1) is 0 Å². The van der Waals surface area contributed by atoms with Crippen LogP contribution in [0, 0.1) is 6.92 Å². The van der Waals surface area contributed by atoms with Crippen LogP contribution in [0.1, 0.15) is 41.7 Å². The van der Waals surface area contributed by atoms with Crippen molar-refractivity contribution in [2.75, 3.05) is 7.11 Å². The first kappa shape index (κ1) is 27.4. The zero-order valence-electron chi connectivity index (χ0n) is 20.7. The van der Waals surface area contributed by atoms with Crippen LogP contribution in [0.4, 0.5) is 0 Å². The molecule has 2 aromatic carbocycles. The van der Waals surface area contributed by atoms with Crippen molar-refractivity contribution < 1.29 is 22.5 Å². The van der Waals surface area contributed by atoms with Gasteiger partial charge in [0.05, 0.1) is 29.1 Å². The first-order chi connectivity index (χ1) is 18.2. The maximum Gasteiger partial charge on any atom is 0.305 e. The molecule has 0 amide bonds. The number of pyridine rings is 1. The molecule has 0 saturated heterocycles. The van der Waals surface area contributed by atoms with Gasteiger partial charge >= 0.3 is 5.97 Å². The second-order valence-electron chi connectivity index (χ2n) is 8.37. The van der Waals surface area contributed by atoms with E-state index in [-0.39, 0.29) is 23.3 Å². The van der Waals surface area contributed by atoms with Gasteiger partial charge in [0, 0.05) is 34.5 Å². The molecular weight excluding hydrogens is 572 g/mol. The van der Waals surface area contributed by atoms with Gasteiger partial charge in [-0.25, -0.2) is 4.98 Å². The number of nitrogens with zero attached hydrogens (tertiary/aromatic N) is 4. The molecule has 196 valence electrons. The number of methoxy groups -OCH3 is 1. The summed E-state index contributed by atoms with van der Waals surface area (Å²) >= 11 is 3.58. The molecule has 1 atom stereocenters. The summed E-state index contributed by atoms with van der Waals surface area (Å²) in [7, 11) is -2.60. The van der Waals surface area contributed by atoms with E-state index in [1.54, 1.807) is 24.4 Å². The van der Waals surface area contributed by atoms with E-state index < -0.39 is 10.1 Å². The molecule has 1 aliphatic heterocycles. The quantitative estimate of drug-likeness (QED) is 0.250. The first-order valence-electron chi connectivity index (χ1n) is 11.6. The summed E-state index contributed by atoms with van der Waals surface area (Å²) in [5, 5.41) is 0. The molecule has 11 heteroatoms. The number of aromatic nitrogens is 3. The van der Waals surface area contributed by atoms with Gasteiger partial charge in [0.25, 0.3) is 10.1 Å². The van der Waals surface area contributed by atoms with Gasteiger partial charge in [0.2, 0.25) is 0 Å². The number of halogens is 1. The predicted molar refractivity (Wildman–Crippen MR) is 146 cm³/mol. The molecule has 5 rings (SSSR count). The number of carbonyl (C=O) groups is 1. The van der Waals surface area contributed by atoms with Gasteiger partial charge in [0.1, 0.15) is 11.9 Å². The number of fused-ring (bicyclic) bond motifs is 3. The summed E-state index contributed by atoms with van der Waals surface area (Å²) in [4.78, 5) is 25.9. The van der Waals surface area contributed by atoms with Crippen LogP contribution in [0.2, 0.25) is 0 Å². The van der Waals surface area contributed by atoms with Crippen LogP contribution in [-0.4, -0.2) is 46.3 Å². The molecule has 38 heavy (non-hydrogen) atoms. The second-order valence-corrected chi connectivity index (χ2v) is 10.7. The van der Waals surface area contributed by atoms with E-state index in [2.05, 4.69) is 42.6 Å². The topological polar surface area (TPSA) is 124 Å². The van der Waals surface area contributed by atoms with E-state index in [0.717, 1.165) is 38.6 Å². The van der Waals surface area contributed by atoms with Gasteiger partial charge < -0.3 is 4.74 Å². The third kappa shape index (κ3) is 6.24. The fourth-order valence-corrected chi connectivity index (χ4v) is 4.89. The van der Waals surface area contributed by atoms with Crippen molar-refractivity contribution in [3.8, 4) is 5.69 Å². The van der Waals surface area contributed by atoms with E-state index in [1.807, 2.05) is 37.4 Å². The lowest BCUT2D eigenvalue weighted by molar-refractivity contribution is -0.140. The van der Waals surface area contributed by atoms with Gasteiger partial charge in [-0.2, -0.15) is 8.42 Å². The van der Waals surface area contributed by atoms with Crippen LogP contribution in [0.25, 0.3) is 5.69 Å². The van der Waals surface area contributed by atoms with E-state index in [1.165, 1.54) is 19.2 Å². The third-order valence-electron chi connectivity index (χ3n) is 5.80. The van der Waals surface area contributed by atoms with Crippen molar-refractivity contribution >= 4 is 37.7 Å². The van der Waals surface area contributed by atoms with Gasteiger partial charge in [-0.05, 0) is 55.8 Å². The molecular formula is C27H25BrN4O5S. The Morgan fingerprint density at radius 3 is 2.45 bits per heavy atom. The number of esters is 1. The Labute approximate surface area is 229 Å². The molecule has 2 aromatic heterocycles. The highest BCUT2D eigenvalue weighted by molar-refractivity contribution is 9.10. The zero-order valence-corrected chi connectivity index (χ0v) is 23.1. The van der Waals surface area contributed by atoms with Crippen molar-refractivity contribution in [3.63, 3.8) is 0 Å². The highest BCUT2D eigenvalue weighted by Crippen LogP contribution is 2.34. The molecule has 1 N–H and O–H groups in total. The first-order valence-corrected chi connectivity index (χ1v) is 13.9. The van der Waals surface area contributed by atoms with Gasteiger partial charge in [-0.3, -0.25) is 23.9 Å². The Kier molecular flexibility index (Phi) is 8.50. The molecule has 0 spiro atoms. The van der Waals surface area contributed by atoms with Crippen LogP contribution in [0.15, 0.2) is 93.5 Å². The molecule has 0 fully saturated rings. The van der Waals surface area contributed by atoms with Crippen LogP contribution >= 0.6 is 15.9 Å². The van der Waals surface area contributed by atoms with Crippen LogP contribution in [0.5, 0.6) is 0 Å². The lowest BCUT2D eigenvalue weighted by Crippen LogP contribution is -2.09. The standard InChI is InChI=1S/C21H19BrN4O2.C6H6O3S/c1-13-12-24-21-17(7-9-19(27)28-2)25-20(16-5-3-4-10-23-16)15-11-14(22)6-8-18(15)26(13)21;7-10(8,9)6-4-2-1-3-5-6/h3-6,8,10-12,17H,7,9H2,1-2H3;1-5H,(H,7,8,9)/t17-;/m0./s1. The van der Waals surface area contributed by atoms with Crippen LogP contribution in [-0.2, 0) is 19.6 Å². The molecule has 0 radical (unpaired) electrons. The number of benzene rings is 2. The van der Waals surface area contributed by atoms with E-state index in [4.69, 9.17) is 14.3 Å². The molecule has 1 aliphatic rings. The molecule has 4 aromatic rings. The summed E-state index contributed by atoms with van der Waals surface area (Å²) in [6.45, 7) is 2.02. The van der Waals surface area contributed by atoms with Gasteiger partial charge in [-0.1, -0.05) is 40.2 Å². The minimum Gasteiger partial charge on any atom is -0.469 e. The number of carbonyl (C=O) groups excluding carboxylic acids is 1. The highest BCUT2D eigenvalue weighted by Gasteiger charge is 2.28. The van der Waals surface area contributed by atoms with Crippen LogP contribution in [0.3, 0.4) is 0 Å². The third-order valence-corrected chi connectivity index (χ3v) is 7.16. The Morgan fingerprint density at radius 1 is 1.08 bits per heavy atom. The fraction of sp³-hybridized carbons (Fsp3) is 0.185. The van der Waals surface area contributed by atoms with E-state index in [0.29, 0.717) is 6.42 Å². The Morgan fingerprint density at radius 2 is 1.82 bits per heavy atom. The summed E-state index contributed by atoms with van der Waals surface area (Å²) in [5.74, 6) is 0.560. The number of rotatable bonds is 5. The van der Waals surface area contributed by atoms with Crippen molar-refractivity contribution in [1.82, 2.24) is 14.5 Å². The highest BCUT2D eigenvalue weighted by atomic mass is 79.9. The SMILES string of the molecule is COC(=O)CC[C@@H]1N=C(c2ccccn2)c2cc(Br)ccc2-n2c(C)cnc21.O=S(=O)(O)c1ccccc1. The lowest BCUT2D eigenvalue weighted by atomic mass is 10.0. The van der Waals surface area contributed by atoms with Crippen molar-refractivity contribution in [1.29, 1.82) is 0 Å². The largest absolute Gasteiger partial charge is 0.469 e. The Hall–Kier alpha value is -3.67. The number of ether oxygens (including phenoxy) is 1. The Bertz CT molecular complexity index is 1570. The number of imidazole rings is 1. The minimum absolute atomic E-state index is 0.0741. The summed E-state index contributed by atoms with van der Waals surface area (Å²) < 4.78 is 37.1. The van der Waals surface area contributed by atoms with E-state index in [9.17, 15) is 13.2 Å². The number of aliphatic imine (C=N–C) groups is 1. The second kappa shape index (κ2) is 11.8. The predicted octanol–water partition coefficient (Wildman–Crippen LogP) is 5.12. The summed E-state index contributed by atoms with van der Waals surface area (Å²) in [6.07, 6.45) is 4.38. The maximum atomic E-state index is 11.8. The molecule has 9 nitrogen and oxygen atoms in total. The molecule has 3 heterocycles. The van der Waals surface area contributed by atoms with Crippen molar-refractivity contribution in [2.45, 2.75) is 30.7 Å². The molecule has 0 unspecified atom stereocenters. The number of hydrogen-bond acceptors (Lipinski definition) is 7. The monoisotopic (exact) mass is 596 g/mol. The summed E-state index contributed by atoms with van der Waals surface area (Å²) in [6, 6.07) is 19.0. The molecule has 0 bridgehead atoms. The minimum atomic E-state index is -4.00.